The van der Waals surface area contributed by atoms with E-state index in [0.717, 1.165) is 17.8 Å². The van der Waals surface area contributed by atoms with Crippen molar-refractivity contribution in [3.63, 3.8) is 0 Å². The van der Waals surface area contributed by atoms with Gasteiger partial charge in [-0.3, -0.25) is 14.5 Å². The Bertz CT molecular complexity index is 525. The number of amides is 2. The molecule has 1 aliphatic rings. The molecule has 5 nitrogen and oxygen atoms in total. The van der Waals surface area contributed by atoms with E-state index in [1.165, 1.54) is 0 Å². The van der Waals surface area contributed by atoms with Gasteiger partial charge in [0.1, 0.15) is 0 Å². The van der Waals surface area contributed by atoms with Crippen molar-refractivity contribution in [3.8, 4) is 0 Å². The molecule has 21 heavy (non-hydrogen) atoms. The van der Waals surface area contributed by atoms with Gasteiger partial charge in [0.25, 0.3) is 0 Å². The van der Waals surface area contributed by atoms with Gasteiger partial charge in [-0.1, -0.05) is 12.1 Å². The highest BCUT2D eigenvalue weighted by molar-refractivity contribution is 5.95. The molecular formula is C16H23N3O2. The minimum absolute atomic E-state index is 0.116. The molecule has 1 unspecified atom stereocenters. The quantitative estimate of drug-likeness (QED) is 0.909. The van der Waals surface area contributed by atoms with Crippen LogP contribution in [0.2, 0.25) is 0 Å². The lowest BCUT2D eigenvalue weighted by Gasteiger charge is -2.36. The number of nitrogens with zero attached hydrogens (tertiary/aromatic N) is 2. The predicted molar refractivity (Wildman–Crippen MR) is 83.1 cm³/mol. The van der Waals surface area contributed by atoms with Crippen molar-refractivity contribution < 1.29 is 9.59 Å². The van der Waals surface area contributed by atoms with E-state index in [-0.39, 0.29) is 17.7 Å². The van der Waals surface area contributed by atoms with E-state index in [0.29, 0.717) is 19.1 Å². The normalized spacial score (nSPS) is 18.1. The molecule has 114 valence electrons. The first-order valence-electron chi connectivity index (χ1n) is 7.34. The van der Waals surface area contributed by atoms with Crippen molar-refractivity contribution >= 4 is 17.5 Å². The monoisotopic (exact) mass is 289 g/mol. The summed E-state index contributed by atoms with van der Waals surface area (Å²) in [7, 11) is 0. The molecule has 1 heterocycles. The summed E-state index contributed by atoms with van der Waals surface area (Å²) in [6, 6.07) is 7.89. The second-order valence-corrected chi connectivity index (χ2v) is 5.83. The van der Waals surface area contributed by atoms with Crippen LogP contribution in [0.5, 0.6) is 0 Å². The molecule has 1 saturated heterocycles. The van der Waals surface area contributed by atoms with Gasteiger partial charge in [-0.15, -0.1) is 0 Å². The lowest BCUT2D eigenvalue weighted by atomic mass is 10.0. The molecule has 1 atom stereocenters. The third-order valence-corrected chi connectivity index (χ3v) is 4.11. The maximum Gasteiger partial charge on any atom is 0.241 e. The number of carbonyl (C=O) groups excluding carboxylic acids is 2. The van der Waals surface area contributed by atoms with Crippen LogP contribution in [0.15, 0.2) is 24.3 Å². The largest absolute Gasteiger partial charge is 0.369 e. The average Bonchev–Trinajstić information content (AvgIpc) is 2.46. The zero-order chi connectivity index (χ0) is 15.6. The Morgan fingerprint density at radius 3 is 2.24 bits per heavy atom. The Morgan fingerprint density at radius 2 is 1.76 bits per heavy atom. The molecule has 0 bridgehead atoms. The summed E-state index contributed by atoms with van der Waals surface area (Å²) in [6.07, 6.45) is 0. The number of anilines is 1. The van der Waals surface area contributed by atoms with Gasteiger partial charge in [0.15, 0.2) is 0 Å². The highest BCUT2D eigenvalue weighted by atomic mass is 16.2. The molecule has 2 amide bonds. The fourth-order valence-electron chi connectivity index (χ4n) is 2.51. The minimum atomic E-state index is -0.343. The molecule has 1 aliphatic heterocycles. The van der Waals surface area contributed by atoms with E-state index in [1.807, 2.05) is 24.3 Å². The van der Waals surface area contributed by atoms with E-state index in [2.05, 4.69) is 18.7 Å². The molecule has 0 aliphatic carbocycles. The third-order valence-electron chi connectivity index (χ3n) is 4.11. The molecule has 1 aromatic rings. The summed E-state index contributed by atoms with van der Waals surface area (Å²) in [4.78, 5) is 27.4. The van der Waals surface area contributed by atoms with Crippen LogP contribution in [0, 0.1) is 0 Å². The topological polar surface area (TPSA) is 66.6 Å². The fraction of sp³-hybridized carbons (Fsp3) is 0.500. The number of hydrogen-bond donors (Lipinski definition) is 1. The van der Waals surface area contributed by atoms with Crippen molar-refractivity contribution in [2.24, 2.45) is 5.73 Å². The molecule has 0 spiro atoms. The first-order valence-corrected chi connectivity index (χ1v) is 7.34. The van der Waals surface area contributed by atoms with Gasteiger partial charge >= 0.3 is 0 Å². The van der Waals surface area contributed by atoms with Crippen LogP contribution in [-0.4, -0.2) is 42.4 Å². The Labute approximate surface area is 125 Å². The van der Waals surface area contributed by atoms with Crippen LogP contribution >= 0.6 is 0 Å². The molecular weight excluding hydrogens is 266 g/mol. The van der Waals surface area contributed by atoms with Gasteiger partial charge in [-0.05, 0) is 38.5 Å². The Kier molecular flexibility index (Phi) is 4.63. The zero-order valence-electron chi connectivity index (χ0n) is 12.9. The Morgan fingerprint density at radius 1 is 1.14 bits per heavy atom. The molecule has 2 rings (SSSR count). The standard InChI is InChI=1S/C16H23N3O2/c1-11(2)18-8-9-19(15(20)10-18)14-6-4-13(5-7-14)12(3)16(17)21/h4-7,11-12H,8-10H2,1-3H3,(H2,17,21). The summed E-state index contributed by atoms with van der Waals surface area (Å²) in [6.45, 7) is 8.01. The van der Waals surface area contributed by atoms with Crippen LogP contribution in [-0.2, 0) is 9.59 Å². The zero-order valence-corrected chi connectivity index (χ0v) is 12.9. The average molecular weight is 289 g/mol. The van der Waals surface area contributed by atoms with E-state index >= 15 is 0 Å². The fourth-order valence-corrected chi connectivity index (χ4v) is 2.51. The summed E-state index contributed by atoms with van der Waals surface area (Å²) >= 11 is 0. The number of primary amides is 1. The van der Waals surface area contributed by atoms with E-state index in [9.17, 15) is 9.59 Å². The number of benzene rings is 1. The van der Waals surface area contributed by atoms with Gasteiger partial charge in [0.05, 0.1) is 12.5 Å². The van der Waals surface area contributed by atoms with Gasteiger partial charge in [-0.25, -0.2) is 0 Å². The van der Waals surface area contributed by atoms with Gasteiger partial charge < -0.3 is 10.6 Å². The molecule has 0 aromatic heterocycles. The van der Waals surface area contributed by atoms with Gasteiger partial charge in [-0.2, -0.15) is 0 Å². The smallest absolute Gasteiger partial charge is 0.241 e. The third kappa shape index (κ3) is 3.42. The Hall–Kier alpha value is -1.88. The molecule has 0 radical (unpaired) electrons. The van der Waals surface area contributed by atoms with E-state index in [4.69, 9.17) is 5.73 Å². The summed E-state index contributed by atoms with van der Waals surface area (Å²) in [5.74, 6) is -0.539. The van der Waals surface area contributed by atoms with Crippen LogP contribution in [0.1, 0.15) is 32.3 Å². The van der Waals surface area contributed by atoms with E-state index < -0.39 is 0 Å². The predicted octanol–water partition coefficient (Wildman–Crippen LogP) is 1.33. The number of hydrogen-bond acceptors (Lipinski definition) is 3. The van der Waals surface area contributed by atoms with Gasteiger partial charge in [0.2, 0.25) is 11.8 Å². The first-order chi connectivity index (χ1) is 9.90. The second-order valence-electron chi connectivity index (χ2n) is 5.83. The number of carbonyl (C=O) groups is 2. The van der Waals surface area contributed by atoms with Crippen molar-refractivity contribution in [2.75, 3.05) is 24.5 Å². The Balaban J connectivity index is 2.09. The first kappa shape index (κ1) is 15.5. The van der Waals surface area contributed by atoms with Crippen LogP contribution in [0.25, 0.3) is 0 Å². The second kappa shape index (κ2) is 6.26. The molecule has 0 saturated carbocycles. The summed E-state index contributed by atoms with van der Waals surface area (Å²) < 4.78 is 0. The van der Waals surface area contributed by atoms with Crippen molar-refractivity contribution in [2.45, 2.75) is 32.7 Å². The lowest BCUT2D eigenvalue weighted by molar-refractivity contribution is -0.122. The highest BCUT2D eigenvalue weighted by Gasteiger charge is 2.26. The lowest BCUT2D eigenvalue weighted by Crippen LogP contribution is -2.52. The van der Waals surface area contributed by atoms with Crippen LogP contribution in [0.3, 0.4) is 0 Å². The maximum atomic E-state index is 12.2. The molecule has 1 fully saturated rings. The molecule has 2 N–H and O–H groups in total. The maximum absolute atomic E-state index is 12.2. The number of nitrogens with two attached hydrogens (primary N) is 1. The SMILES string of the molecule is CC(C(N)=O)c1ccc(N2CCN(C(C)C)CC2=O)cc1. The van der Waals surface area contributed by atoms with Gasteiger partial charge in [0, 0.05) is 24.8 Å². The number of rotatable bonds is 4. The van der Waals surface area contributed by atoms with E-state index in [1.54, 1.807) is 11.8 Å². The van der Waals surface area contributed by atoms with Crippen LogP contribution < -0.4 is 10.6 Å². The van der Waals surface area contributed by atoms with Crippen molar-refractivity contribution in [3.05, 3.63) is 29.8 Å². The summed E-state index contributed by atoms with van der Waals surface area (Å²) in [5.41, 5.74) is 7.06. The van der Waals surface area contributed by atoms with Crippen molar-refractivity contribution in [1.29, 1.82) is 0 Å². The molecule has 1 aromatic carbocycles. The number of piperazine rings is 1. The van der Waals surface area contributed by atoms with Crippen molar-refractivity contribution in [1.82, 2.24) is 4.90 Å². The minimum Gasteiger partial charge on any atom is -0.369 e. The van der Waals surface area contributed by atoms with Crippen LogP contribution in [0.4, 0.5) is 5.69 Å². The molecule has 5 heteroatoms. The highest BCUT2D eigenvalue weighted by Crippen LogP contribution is 2.22. The summed E-state index contributed by atoms with van der Waals surface area (Å²) in [5, 5.41) is 0.